The number of hydrogen-bond acceptors (Lipinski definition) is 3. The molecule has 18 heavy (non-hydrogen) atoms. The van der Waals surface area contributed by atoms with Gasteiger partial charge in [0.1, 0.15) is 5.75 Å². The Hall–Kier alpha value is -0.780. The summed E-state index contributed by atoms with van der Waals surface area (Å²) in [6, 6.07) is 7.33. The summed E-state index contributed by atoms with van der Waals surface area (Å²) in [5.41, 5.74) is 0.877. The van der Waals surface area contributed by atoms with Gasteiger partial charge in [0.15, 0.2) is 0 Å². The van der Waals surface area contributed by atoms with Crippen molar-refractivity contribution in [3.63, 3.8) is 0 Å². The summed E-state index contributed by atoms with van der Waals surface area (Å²) in [7, 11) is -0.214. The first kappa shape index (κ1) is 15.3. The number of sulfonamides is 1. The first-order valence-corrected chi connectivity index (χ1v) is 7.59. The van der Waals surface area contributed by atoms with Gasteiger partial charge in [0.25, 0.3) is 0 Å². The summed E-state index contributed by atoms with van der Waals surface area (Å²) in [6.07, 6.45) is 0. The minimum atomic E-state index is -3.35. The first-order chi connectivity index (χ1) is 8.41. The van der Waals surface area contributed by atoms with E-state index in [-0.39, 0.29) is 5.88 Å². The predicted molar refractivity (Wildman–Crippen MR) is 73.6 cm³/mol. The lowest BCUT2D eigenvalue weighted by molar-refractivity contribution is 0.412. The molecule has 1 rings (SSSR count). The van der Waals surface area contributed by atoms with E-state index >= 15 is 0 Å². The molecule has 0 aliphatic carbocycles. The van der Waals surface area contributed by atoms with E-state index in [0.29, 0.717) is 12.3 Å². The van der Waals surface area contributed by atoms with E-state index in [4.69, 9.17) is 16.3 Å². The molecule has 0 aliphatic rings. The molecular formula is C12H18ClNO3S. The monoisotopic (exact) mass is 291 g/mol. The van der Waals surface area contributed by atoms with Crippen molar-refractivity contribution in [2.24, 2.45) is 0 Å². The molecule has 0 saturated carbocycles. The highest BCUT2D eigenvalue weighted by molar-refractivity contribution is 7.89. The topological polar surface area (TPSA) is 46.6 Å². The van der Waals surface area contributed by atoms with Gasteiger partial charge in [-0.1, -0.05) is 12.1 Å². The molecule has 0 aliphatic heterocycles. The van der Waals surface area contributed by atoms with Crippen LogP contribution in [-0.2, 0) is 16.6 Å². The Bertz CT molecular complexity index is 490. The molecular weight excluding hydrogens is 274 g/mol. The van der Waals surface area contributed by atoms with Gasteiger partial charge in [-0.2, -0.15) is 0 Å². The number of halogens is 1. The molecule has 1 aromatic rings. The second kappa shape index (κ2) is 6.41. The van der Waals surface area contributed by atoms with Crippen LogP contribution in [0.2, 0.25) is 0 Å². The Balaban J connectivity index is 2.84. The molecule has 0 saturated heterocycles. The summed E-state index contributed by atoms with van der Waals surface area (Å²) in [4.78, 5) is 0. The Morgan fingerprint density at radius 2 is 2.11 bits per heavy atom. The van der Waals surface area contributed by atoms with Crippen LogP contribution in [-0.4, -0.2) is 38.0 Å². The molecule has 6 heteroatoms. The fourth-order valence-electron chi connectivity index (χ4n) is 1.50. The fraction of sp³-hybridized carbons (Fsp3) is 0.500. The summed E-state index contributed by atoms with van der Waals surface area (Å²) in [5, 5.41) is -0.588. The van der Waals surface area contributed by atoms with Crippen molar-refractivity contribution in [2.45, 2.75) is 18.7 Å². The highest BCUT2D eigenvalue weighted by Crippen LogP contribution is 2.17. The van der Waals surface area contributed by atoms with Crippen molar-refractivity contribution in [1.29, 1.82) is 0 Å². The number of methoxy groups -OCH3 is 1. The molecule has 4 nitrogen and oxygen atoms in total. The Kier molecular flexibility index (Phi) is 5.44. The van der Waals surface area contributed by atoms with E-state index in [1.165, 1.54) is 4.31 Å². The third-order valence-corrected chi connectivity index (χ3v) is 5.53. The normalized spacial score (nSPS) is 13.6. The van der Waals surface area contributed by atoms with Gasteiger partial charge in [-0.25, -0.2) is 12.7 Å². The average Bonchev–Trinajstić information content (AvgIpc) is 2.37. The molecule has 0 N–H and O–H groups in total. The molecule has 1 aromatic carbocycles. The number of hydrogen-bond donors (Lipinski definition) is 0. The van der Waals surface area contributed by atoms with Crippen LogP contribution < -0.4 is 4.74 Å². The number of rotatable bonds is 6. The highest BCUT2D eigenvalue weighted by Gasteiger charge is 2.25. The zero-order valence-corrected chi connectivity index (χ0v) is 12.3. The Morgan fingerprint density at radius 1 is 1.44 bits per heavy atom. The van der Waals surface area contributed by atoms with E-state index in [2.05, 4.69) is 0 Å². The fourth-order valence-corrected chi connectivity index (χ4v) is 3.08. The van der Waals surface area contributed by atoms with Gasteiger partial charge < -0.3 is 4.74 Å². The molecule has 0 aromatic heterocycles. The van der Waals surface area contributed by atoms with Gasteiger partial charge in [0.05, 0.1) is 12.4 Å². The minimum Gasteiger partial charge on any atom is -0.497 e. The van der Waals surface area contributed by atoms with Crippen molar-refractivity contribution >= 4 is 21.6 Å². The first-order valence-electron chi connectivity index (χ1n) is 5.56. The zero-order chi connectivity index (χ0) is 13.8. The van der Waals surface area contributed by atoms with E-state index in [1.807, 2.05) is 24.3 Å². The maximum absolute atomic E-state index is 12.0. The molecule has 0 heterocycles. The highest BCUT2D eigenvalue weighted by atomic mass is 35.5. The third kappa shape index (κ3) is 3.60. The van der Waals surface area contributed by atoms with Gasteiger partial charge in [0.2, 0.25) is 10.0 Å². The predicted octanol–water partition coefficient (Wildman–Crippen LogP) is 2.08. The molecule has 0 amide bonds. The van der Waals surface area contributed by atoms with Crippen LogP contribution in [0.1, 0.15) is 12.5 Å². The lowest BCUT2D eigenvalue weighted by Crippen LogP contribution is -2.35. The molecule has 0 fully saturated rings. The Labute approximate surface area is 114 Å². The van der Waals surface area contributed by atoms with Crippen molar-refractivity contribution in [3.05, 3.63) is 29.8 Å². The molecule has 0 spiro atoms. The number of nitrogens with zero attached hydrogens (tertiary/aromatic N) is 1. The van der Waals surface area contributed by atoms with E-state index in [0.717, 1.165) is 5.56 Å². The number of benzene rings is 1. The minimum absolute atomic E-state index is 0.0881. The lowest BCUT2D eigenvalue weighted by Gasteiger charge is -2.20. The van der Waals surface area contributed by atoms with Crippen LogP contribution in [0.15, 0.2) is 24.3 Å². The van der Waals surface area contributed by atoms with Crippen molar-refractivity contribution in [1.82, 2.24) is 4.31 Å². The Morgan fingerprint density at radius 3 is 2.67 bits per heavy atom. The van der Waals surface area contributed by atoms with Crippen LogP contribution in [0.3, 0.4) is 0 Å². The van der Waals surface area contributed by atoms with Gasteiger partial charge >= 0.3 is 0 Å². The second-order valence-corrected chi connectivity index (χ2v) is 6.88. The summed E-state index contributed by atoms with van der Waals surface area (Å²) < 4.78 is 30.5. The van der Waals surface area contributed by atoms with Crippen molar-refractivity contribution in [2.75, 3.05) is 20.0 Å². The standard InChI is InChI=1S/C12H18ClNO3S/c1-10(8-13)18(15,16)14(2)9-11-5-4-6-12(7-11)17-3/h4-7,10H,8-9H2,1-3H3. The van der Waals surface area contributed by atoms with Crippen LogP contribution in [0.5, 0.6) is 5.75 Å². The third-order valence-electron chi connectivity index (χ3n) is 2.70. The van der Waals surface area contributed by atoms with Crippen molar-refractivity contribution < 1.29 is 13.2 Å². The maximum Gasteiger partial charge on any atom is 0.217 e. The van der Waals surface area contributed by atoms with Crippen LogP contribution in [0, 0.1) is 0 Å². The summed E-state index contributed by atoms with van der Waals surface area (Å²) >= 11 is 5.61. The largest absolute Gasteiger partial charge is 0.497 e. The quantitative estimate of drug-likeness (QED) is 0.754. The molecule has 0 bridgehead atoms. The summed E-state index contributed by atoms with van der Waals surface area (Å²) in [5.74, 6) is 0.800. The summed E-state index contributed by atoms with van der Waals surface area (Å²) in [6.45, 7) is 1.91. The van der Waals surface area contributed by atoms with E-state index in [1.54, 1.807) is 21.1 Å². The van der Waals surface area contributed by atoms with Crippen LogP contribution >= 0.6 is 11.6 Å². The van der Waals surface area contributed by atoms with Gasteiger partial charge in [-0.3, -0.25) is 0 Å². The zero-order valence-electron chi connectivity index (χ0n) is 10.8. The van der Waals surface area contributed by atoms with Crippen LogP contribution in [0.4, 0.5) is 0 Å². The molecule has 102 valence electrons. The van der Waals surface area contributed by atoms with Gasteiger partial charge in [-0.15, -0.1) is 11.6 Å². The second-order valence-electron chi connectivity index (χ2n) is 4.12. The maximum atomic E-state index is 12.0. The van der Waals surface area contributed by atoms with Crippen molar-refractivity contribution in [3.8, 4) is 5.75 Å². The smallest absolute Gasteiger partial charge is 0.217 e. The van der Waals surface area contributed by atoms with Crippen LogP contribution in [0.25, 0.3) is 0 Å². The van der Waals surface area contributed by atoms with E-state index in [9.17, 15) is 8.42 Å². The molecule has 1 atom stereocenters. The molecule has 0 radical (unpaired) electrons. The van der Waals surface area contributed by atoms with Gasteiger partial charge in [0, 0.05) is 19.5 Å². The molecule has 1 unspecified atom stereocenters. The SMILES string of the molecule is COc1cccc(CN(C)S(=O)(=O)C(C)CCl)c1. The van der Waals surface area contributed by atoms with E-state index < -0.39 is 15.3 Å². The average molecular weight is 292 g/mol. The van der Waals surface area contributed by atoms with Gasteiger partial charge in [-0.05, 0) is 24.6 Å². The number of ether oxygens (including phenoxy) is 1. The number of alkyl halides is 1. The lowest BCUT2D eigenvalue weighted by atomic mass is 10.2.